The molecule has 0 bridgehead atoms. The molecule has 0 unspecified atom stereocenters. The lowest BCUT2D eigenvalue weighted by molar-refractivity contribution is -0.140. The van der Waals surface area contributed by atoms with E-state index in [1.165, 1.54) is 18.0 Å². The standard InChI is InChI=1S/C6H7NO2.C4H8O2/c8-6(9)7-4-2-1-3-5-7;1-3-6-4(2)5/h1-4H,5H2,(H,8,9);3H2,1-2H3. The summed E-state index contributed by atoms with van der Waals surface area (Å²) in [5.41, 5.74) is 0. The summed E-state index contributed by atoms with van der Waals surface area (Å²) in [5, 5.41) is 8.38. The van der Waals surface area contributed by atoms with Crippen LogP contribution in [0.15, 0.2) is 24.4 Å². The van der Waals surface area contributed by atoms with Gasteiger partial charge in [0.2, 0.25) is 0 Å². The van der Waals surface area contributed by atoms with Gasteiger partial charge in [0.05, 0.1) is 6.61 Å². The third kappa shape index (κ3) is 7.30. The van der Waals surface area contributed by atoms with Crippen LogP contribution in [0.1, 0.15) is 13.8 Å². The zero-order chi connectivity index (χ0) is 11.7. The van der Waals surface area contributed by atoms with Crippen LogP contribution in [0.4, 0.5) is 4.79 Å². The van der Waals surface area contributed by atoms with Gasteiger partial charge < -0.3 is 9.84 Å². The average molecular weight is 213 g/mol. The van der Waals surface area contributed by atoms with Gasteiger partial charge in [-0.05, 0) is 13.0 Å². The van der Waals surface area contributed by atoms with Gasteiger partial charge in [-0.1, -0.05) is 12.2 Å². The predicted molar refractivity (Wildman–Crippen MR) is 55.3 cm³/mol. The highest BCUT2D eigenvalue weighted by Gasteiger charge is 2.05. The van der Waals surface area contributed by atoms with E-state index in [0.717, 1.165) is 0 Å². The molecule has 0 saturated heterocycles. The van der Waals surface area contributed by atoms with Crippen LogP contribution in [0, 0.1) is 0 Å². The van der Waals surface area contributed by atoms with Crippen LogP contribution in [0.5, 0.6) is 0 Å². The van der Waals surface area contributed by atoms with E-state index in [0.29, 0.717) is 13.2 Å². The number of hydrogen-bond acceptors (Lipinski definition) is 3. The van der Waals surface area contributed by atoms with Crippen molar-refractivity contribution in [3.63, 3.8) is 0 Å². The van der Waals surface area contributed by atoms with E-state index in [2.05, 4.69) is 4.74 Å². The van der Waals surface area contributed by atoms with Crippen molar-refractivity contribution < 1.29 is 19.4 Å². The Labute approximate surface area is 88.6 Å². The van der Waals surface area contributed by atoms with Gasteiger partial charge in [-0.15, -0.1) is 0 Å². The lowest BCUT2D eigenvalue weighted by atomic mass is 10.4. The van der Waals surface area contributed by atoms with E-state index >= 15 is 0 Å². The molecule has 0 atom stereocenters. The lowest BCUT2D eigenvalue weighted by Crippen LogP contribution is -2.24. The van der Waals surface area contributed by atoms with Crippen molar-refractivity contribution in [1.82, 2.24) is 4.90 Å². The Balaban J connectivity index is 0.000000288. The molecule has 84 valence electrons. The average Bonchev–Trinajstić information content (AvgIpc) is 2.20. The molecule has 5 heteroatoms. The maximum Gasteiger partial charge on any atom is 0.411 e. The third-order valence-electron chi connectivity index (χ3n) is 1.41. The summed E-state index contributed by atoms with van der Waals surface area (Å²) in [4.78, 5) is 21.2. The van der Waals surface area contributed by atoms with Crippen molar-refractivity contribution >= 4 is 12.1 Å². The summed E-state index contributed by atoms with van der Waals surface area (Å²) in [6, 6.07) is 0. The number of ether oxygens (including phenoxy) is 1. The van der Waals surface area contributed by atoms with E-state index < -0.39 is 6.09 Å². The fourth-order valence-electron chi connectivity index (χ4n) is 0.813. The molecule has 1 aliphatic rings. The second kappa shape index (κ2) is 7.61. The summed E-state index contributed by atoms with van der Waals surface area (Å²) in [7, 11) is 0. The minimum atomic E-state index is -0.907. The largest absolute Gasteiger partial charge is 0.466 e. The number of nitrogens with zero attached hydrogens (tertiary/aromatic N) is 1. The smallest absolute Gasteiger partial charge is 0.411 e. The fraction of sp³-hybridized carbons (Fsp3) is 0.400. The molecular formula is C10H15NO4. The van der Waals surface area contributed by atoms with Crippen LogP contribution in [-0.4, -0.2) is 35.2 Å². The number of carboxylic acid groups (broad SMARTS) is 1. The monoisotopic (exact) mass is 213 g/mol. The molecule has 0 aromatic rings. The van der Waals surface area contributed by atoms with Crippen molar-refractivity contribution in [2.75, 3.05) is 13.2 Å². The Morgan fingerprint density at radius 1 is 1.47 bits per heavy atom. The first-order valence-electron chi connectivity index (χ1n) is 4.54. The van der Waals surface area contributed by atoms with Crippen molar-refractivity contribution in [3.8, 4) is 0 Å². The first-order chi connectivity index (χ1) is 7.07. The van der Waals surface area contributed by atoms with Gasteiger partial charge in [0.1, 0.15) is 0 Å². The highest BCUT2D eigenvalue weighted by atomic mass is 16.5. The normalized spacial score (nSPS) is 12.8. The molecule has 1 N–H and O–H groups in total. The molecule has 0 fully saturated rings. The summed E-state index contributed by atoms with van der Waals surface area (Å²) < 4.78 is 4.40. The Bertz CT molecular complexity index is 271. The summed E-state index contributed by atoms with van der Waals surface area (Å²) >= 11 is 0. The van der Waals surface area contributed by atoms with E-state index in [-0.39, 0.29) is 5.97 Å². The van der Waals surface area contributed by atoms with E-state index in [1.54, 1.807) is 19.1 Å². The Hall–Kier alpha value is -1.78. The molecular weight excluding hydrogens is 198 g/mol. The Morgan fingerprint density at radius 3 is 2.33 bits per heavy atom. The number of amides is 1. The van der Waals surface area contributed by atoms with Crippen LogP contribution < -0.4 is 0 Å². The maximum absolute atomic E-state index is 10.2. The molecule has 0 radical (unpaired) electrons. The minimum absolute atomic E-state index is 0.211. The maximum atomic E-state index is 10.2. The first kappa shape index (κ1) is 13.2. The van der Waals surface area contributed by atoms with E-state index in [9.17, 15) is 9.59 Å². The quantitative estimate of drug-likeness (QED) is 0.672. The second-order valence-electron chi connectivity index (χ2n) is 2.63. The number of allylic oxidation sites excluding steroid dienone is 2. The molecule has 1 aliphatic heterocycles. The predicted octanol–water partition coefficient (Wildman–Crippen LogP) is 1.62. The molecule has 0 spiro atoms. The Kier molecular flexibility index (Phi) is 6.70. The van der Waals surface area contributed by atoms with E-state index in [4.69, 9.17) is 5.11 Å². The molecule has 1 heterocycles. The van der Waals surface area contributed by atoms with Crippen LogP contribution >= 0.6 is 0 Å². The van der Waals surface area contributed by atoms with Crippen molar-refractivity contribution in [2.45, 2.75) is 13.8 Å². The summed E-state index contributed by atoms with van der Waals surface area (Å²) in [6.07, 6.45) is 5.92. The molecule has 1 amide bonds. The number of carbonyl (C=O) groups is 2. The Morgan fingerprint density at radius 2 is 2.13 bits per heavy atom. The highest BCUT2D eigenvalue weighted by molar-refractivity contribution is 5.67. The van der Waals surface area contributed by atoms with Gasteiger partial charge in [0.25, 0.3) is 0 Å². The number of esters is 1. The van der Waals surface area contributed by atoms with Crippen LogP contribution in [0.3, 0.4) is 0 Å². The molecule has 15 heavy (non-hydrogen) atoms. The van der Waals surface area contributed by atoms with Gasteiger partial charge in [-0.3, -0.25) is 9.69 Å². The number of hydrogen-bond donors (Lipinski definition) is 1. The third-order valence-corrected chi connectivity index (χ3v) is 1.41. The molecule has 0 saturated carbocycles. The van der Waals surface area contributed by atoms with Crippen molar-refractivity contribution in [1.29, 1.82) is 0 Å². The van der Waals surface area contributed by atoms with Crippen LogP contribution in [0.25, 0.3) is 0 Å². The number of carbonyl (C=O) groups excluding carboxylic acids is 1. The van der Waals surface area contributed by atoms with Gasteiger partial charge in [0, 0.05) is 19.7 Å². The molecule has 0 aliphatic carbocycles. The fourth-order valence-corrected chi connectivity index (χ4v) is 0.813. The van der Waals surface area contributed by atoms with Gasteiger partial charge in [-0.25, -0.2) is 4.79 Å². The van der Waals surface area contributed by atoms with Crippen molar-refractivity contribution in [2.24, 2.45) is 0 Å². The molecule has 1 rings (SSSR count). The topological polar surface area (TPSA) is 66.8 Å². The first-order valence-corrected chi connectivity index (χ1v) is 4.54. The molecule has 0 aromatic heterocycles. The van der Waals surface area contributed by atoms with Crippen LogP contribution in [0.2, 0.25) is 0 Å². The second-order valence-corrected chi connectivity index (χ2v) is 2.63. The van der Waals surface area contributed by atoms with Gasteiger partial charge in [-0.2, -0.15) is 0 Å². The zero-order valence-electron chi connectivity index (χ0n) is 8.84. The molecule has 0 aromatic carbocycles. The molecule has 5 nitrogen and oxygen atoms in total. The number of rotatable bonds is 1. The lowest BCUT2D eigenvalue weighted by Gasteiger charge is -2.12. The summed E-state index contributed by atoms with van der Waals surface area (Å²) in [5.74, 6) is -0.211. The SMILES string of the molecule is CCOC(C)=O.O=C(O)N1C=CC=CC1. The summed E-state index contributed by atoms with van der Waals surface area (Å²) in [6.45, 7) is 4.12. The van der Waals surface area contributed by atoms with Crippen LogP contribution in [-0.2, 0) is 9.53 Å². The van der Waals surface area contributed by atoms with E-state index in [1.807, 2.05) is 6.08 Å². The van der Waals surface area contributed by atoms with Gasteiger partial charge >= 0.3 is 12.1 Å². The minimum Gasteiger partial charge on any atom is -0.466 e. The van der Waals surface area contributed by atoms with Crippen molar-refractivity contribution in [3.05, 3.63) is 24.4 Å². The van der Waals surface area contributed by atoms with Gasteiger partial charge in [0.15, 0.2) is 0 Å². The highest BCUT2D eigenvalue weighted by Crippen LogP contribution is 1.97. The zero-order valence-corrected chi connectivity index (χ0v) is 8.84.